The first-order valence-corrected chi connectivity index (χ1v) is 9.37. The fraction of sp³-hybridized carbons (Fsp3) is 0.647. The molecule has 0 spiro atoms. The van der Waals surface area contributed by atoms with Gasteiger partial charge in [-0.2, -0.15) is 4.98 Å². The van der Waals surface area contributed by atoms with Gasteiger partial charge in [0, 0.05) is 51.1 Å². The number of likely N-dealkylation sites (tertiary alicyclic amines) is 1. The molecule has 4 heterocycles. The lowest BCUT2D eigenvalue weighted by Crippen LogP contribution is -2.28. The third kappa shape index (κ3) is 3.91. The topological polar surface area (TPSA) is 94.5 Å². The van der Waals surface area contributed by atoms with Crippen LogP contribution < -0.4 is 0 Å². The average Bonchev–Trinajstić information content (AvgIpc) is 3.40. The highest BCUT2D eigenvalue weighted by Gasteiger charge is 2.32. The third-order valence-electron chi connectivity index (χ3n) is 5.05. The maximum Gasteiger partial charge on any atom is 0.231 e. The number of hydrogen-bond acceptors (Lipinski definition) is 7. The first kappa shape index (κ1) is 17.5. The summed E-state index contributed by atoms with van der Waals surface area (Å²) in [6, 6.07) is 1.64. The van der Waals surface area contributed by atoms with Gasteiger partial charge in [-0.25, -0.2) is 0 Å². The summed E-state index contributed by atoms with van der Waals surface area (Å²) in [6.45, 7) is 2.81. The number of nitrogens with zero attached hydrogens (tertiary/aromatic N) is 4. The van der Waals surface area contributed by atoms with E-state index in [0.29, 0.717) is 48.7 Å². The van der Waals surface area contributed by atoms with E-state index in [9.17, 15) is 4.79 Å². The zero-order valence-electron chi connectivity index (χ0n) is 14.4. The molecule has 26 heavy (non-hydrogen) atoms. The molecule has 0 radical (unpaired) electrons. The van der Waals surface area contributed by atoms with Crippen molar-refractivity contribution in [1.29, 1.82) is 0 Å². The number of hydrogen-bond donors (Lipinski definition) is 0. The van der Waals surface area contributed by atoms with Crippen LogP contribution in [0.15, 0.2) is 15.1 Å². The minimum Gasteiger partial charge on any atom is -0.381 e. The van der Waals surface area contributed by atoms with Gasteiger partial charge in [0.2, 0.25) is 11.8 Å². The van der Waals surface area contributed by atoms with E-state index in [1.54, 1.807) is 6.07 Å². The summed E-state index contributed by atoms with van der Waals surface area (Å²) < 4.78 is 15.9. The summed E-state index contributed by atoms with van der Waals surface area (Å²) in [5, 5.41) is 8.08. The van der Waals surface area contributed by atoms with E-state index in [1.807, 2.05) is 4.90 Å². The van der Waals surface area contributed by atoms with E-state index in [0.717, 1.165) is 38.3 Å². The van der Waals surface area contributed by atoms with E-state index in [4.69, 9.17) is 25.4 Å². The number of carbonyl (C=O) groups is 1. The van der Waals surface area contributed by atoms with Crippen LogP contribution in [0.1, 0.15) is 55.0 Å². The van der Waals surface area contributed by atoms with Crippen LogP contribution in [0.3, 0.4) is 0 Å². The molecule has 2 aliphatic heterocycles. The fourth-order valence-electron chi connectivity index (χ4n) is 3.52. The van der Waals surface area contributed by atoms with Crippen LogP contribution in [0.5, 0.6) is 0 Å². The van der Waals surface area contributed by atoms with Crippen molar-refractivity contribution in [1.82, 2.24) is 20.2 Å². The minimum absolute atomic E-state index is 0.0872. The number of aromatic nitrogens is 3. The van der Waals surface area contributed by atoms with Gasteiger partial charge in [0.1, 0.15) is 5.76 Å². The molecule has 4 rings (SSSR count). The molecule has 8 nitrogen and oxygen atoms in total. The Morgan fingerprint density at radius 1 is 1.19 bits per heavy atom. The number of rotatable bonds is 5. The molecule has 0 N–H and O–H groups in total. The normalized spacial score (nSPS) is 21.4. The molecular formula is C17H21ClN4O4. The lowest BCUT2D eigenvalue weighted by atomic mass is 10.00. The standard InChI is InChI=1S/C17H21ClN4O4/c18-14-9-13(25-20-14)1-2-15(23)22-6-3-12(10-22)17-19-16(21-26-17)11-4-7-24-8-5-11/h9,11-12H,1-8,10H2. The SMILES string of the molecule is O=C(CCc1cc(Cl)no1)N1CCC(c2nc(C3CCOCC3)no2)C1. The molecule has 0 aromatic carbocycles. The molecule has 2 aromatic heterocycles. The molecule has 2 fully saturated rings. The van der Waals surface area contributed by atoms with E-state index in [1.165, 1.54) is 0 Å². The van der Waals surface area contributed by atoms with E-state index >= 15 is 0 Å². The number of halogens is 1. The molecule has 0 saturated carbocycles. The Hall–Kier alpha value is -1.93. The average molecular weight is 381 g/mol. The molecule has 1 unspecified atom stereocenters. The third-order valence-corrected chi connectivity index (χ3v) is 5.23. The summed E-state index contributed by atoms with van der Waals surface area (Å²) in [7, 11) is 0. The van der Waals surface area contributed by atoms with Gasteiger partial charge < -0.3 is 18.7 Å². The number of aryl methyl sites for hydroxylation is 1. The number of carbonyl (C=O) groups excluding carboxylic acids is 1. The Morgan fingerprint density at radius 3 is 2.81 bits per heavy atom. The highest BCUT2D eigenvalue weighted by Crippen LogP contribution is 2.30. The Kier molecular flexibility index (Phi) is 5.21. The molecule has 0 bridgehead atoms. The van der Waals surface area contributed by atoms with Gasteiger partial charge >= 0.3 is 0 Å². The largest absolute Gasteiger partial charge is 0.381 e. The summed E-state index contributed by atoms with van der Waals surface area (Å²) in [5.41, 5.74) is 0. The monoisotopic (exact) mass is 380 g/mol. The predicted octanol–water partition coefficient (Wildman–Crippen LogP) is 2.55. The Morgan fingerprint density at radius 2 is 2.04 bits per heavy atom. The van der Waals surface area contributed by atoms with Crippen LogP contribution >= 0.6 is 11.6 Å². The maximum absolute atomic E-state index is 12.4. The van der Waals surface area contributed by atoms with Crippen LogP contribution in [-0.4, -0.2) is 52.4 Å². The number of ether oxygens (including phenoxy) is 1. The lowest BCUT2D eigenvalue weighted by molar-refractivity contribution is -0.130. The highest BCUT2D eigenvalue weighted by atomic mass is 35.5. The molecule has 1 atom stereocenters. The molecule has 2 aliphatic rings. The van der Waals surface area contributed by atoms with Crippen molar-refractivity contribution >= 4 is 17.5 Å². The van der Waals surface area contributed by atoms with Crippen LogP contribution in [0.25, 0.3) is 0 Å². The zero-order chi connectivity index (χ0) is 17.9. The summed E-state index contributed by atoms with van der Waals surface area (Å²) in [5.74, 6) is 2.55. The van der Waals surface area contributed by atoms with Gasteiger partial charge in [-0.3, -0.25) is 4.79 Å². The predicted molar refractivity (Wildman–Crippen MR) is 90.9 cm³/mol. The van der Waals surface area contributed by atoms with Crippen molar-refractivity contribution in [2.75, 3.05) is 26.3 Å². The number of amides is 1. The van der Waals surface area contributed by atoms with Crippen molar-refractivity contribution < 1.29 is 18.6 Å². The Bertz CT molecular complexity index is 756. The molecule has 2 saturated heterocycles. The quantitative estimate of drug-likeness (QED) is 0.786. The van der Waals surface area contributed by atoms with Crippen LogP contribution in [0.2, 0.25) is 5.15 Å². The van der Waals surface area contributed by atoms with E-state index < -0.39 is 0 Å². The van der Waals surface area contributed by atoms with Gasteiger partial charge in [0.15, 0.2) is 11.0 Å². The van der Waals surface area contributed by atoms with Crippen molar-refractivity contribution in [2.45, 2.75) is 43.9 Å². The van der Waals surface area contributed by atoms with Crippen LogP contribution in [0, 0.1) is 0 Å². The maximum atomic E-state index is 12.4. The minimum atomic E-state index is 0.0872. The molecular weight excluding hydrogens is 360 g/mol. The molecule has 2 aromatic rings. The summed E-state index contributed by atoms with van der Waals surface area (Å²) in [4.78, 5) is 18.9. The van der Waals surface area contributed by atoms with Crippen LogP contribution in [0.4, 0.5) is 0 Å². The second kappa shape index (κ2) is 7.75. The van der Waals surface area contributed by atoms with Crippen molar-refractivity contribution in [3.05, 3.63) is 28.7 Å². The van der Waals surface area contributed by atoms with Crippen molar-refractivity contribution in [2.24, 2.45) is 0 Å². The molecule has 140 valence electrons. The van der Waals surface area contributed by atoms with Gasteiger partial charge in [0.05, 0.1) is 5.92 Å². The van der Waals surface area contributed by atoms with Crippen molar-refractivity contribution in [3.63, 3.8) is 0 Å². The second-order valence-electron chi connectivity index (χ2n) is 6.82. The highest BCUT2D eigenvalue weighted by molar-refractivity contribution is 6.29. The van der Waals surface area contributed by atoms with E-state index in [-0.39, 0.29) is 11.8 Å². The van der Waals surface area contributed by atoms with Gasteiger partial charge in [0.25, 0.3) is 0 Å². The molecule has 0 aliphatic carbocycles. The van der Waals surface area contributed by atoms with Gasteiger partial charge in [-0.15, -0.1) is 0 Å². The van der Waals surface area contributed by atoms with Gasteiger partial charge in [-0.05, 0) is 19.3 Å². The summed E-state index contributed by atoms with van der Waals surface area (Å²) >= 11 is 5.72. The summed E-state index contributed by atoms with van der Waals surface area (Å²) in [6.07, 6.45) is 3.57. The smallest absolute Gasteiger partial charge is 0.231 e. The van der Waals surface area contributed by atoms with Crippen LogP contribution in [-0.2, 0) is 16.0 Å². The van der Waals surface area contributed by atoms with Gasteiger partial charge in [-0.1, -0.05) is 21.9 Å². The first-order chi connectivity index (χ1) is 12.7. The molecule has 9 heteroatoms. The Balaban J connectivity index is 1.30. The first-order valence-electron chi connectivity index (χ1n) is 8.99. The fourth-order valence-corrected chi connectivity index (χ4v) is 3.67. The Labute approximate surface area is 155 Å². The zero-order valence-corrected chi connectivity index (χ0v) is 15.2. The lowest BCUT2D eigenvalue weighted by Gasteiger charge is -2.18. The molecule has 1 amide bonds. The second-order valence-corrected chi connectivity index (χ2v) is 7.21. The van der Waals surface area contributed by atoms with E-state index in [2.05, 4.69) is 15.3 Å². The van der Waals surface area contributed by atoms with Crippen molar-refractivity contribution in [3.8, 4) is 0 Å².